The molecule has 2 aromatic carbocycles. The van der Waals surface area contributed by atoms with Crippen LogP contribution in [0.1, 0.15) is 59.1 Å². The zero-order valence-electron chi connectivity index (χ0n) is 27.4. The molecule has 4 amide bonds. The van der Waals surface area contributed by atoms with Gasteiger partial charge in [-0.2, -0.15) is 0 Å². The second-order valence-electron chi connectivity index (χ2n) is 12.2. The van der Waals surface area contributed by atoms with Crippen molar-refractivity contribution in [2.45, 2.75) is 91.3 Å². The maximum absolute atomic E-state index is 13.2. The van der Waals surface area contributed by atoms with Gasteiger partial charge in [0, 0.05) is 5.92 Å². The number of ether oxygens (including phenoxy) is 1. The minimum atomic E-state index is -1.18. The van der Waals surface area contributed by atoms with Crippen molar-refractivity contribution in [1.29, 1.82) is 0 Å². The minimum Gasteiger partial charge on any atom is -0.480 e. The van der Waals surface area contributed by atoms with Gasteiger partial charge in [0.2, 0.25) is 17.7 Å². The van der Waals surface area contributed by atoms with Crippen LogP contribution < -0.4 is 21.3 Å². The standard InChI is InChI=1S/C34H48N4O8/c1-20(2)28(32(42)38-29(21(3)4)33(43)44)37-30(40)22(5)17-27(39)26(18-24-13-9-7-10-14-24)36-31(41)23(6)35-34(45)46-19-25-15-11-8-12-16-25/h7-16,20-23,26-29,39H,17-19H2,1-6H3,(H,35,45)(H,36,41)(H,37,40)(H,38,42)(H,43,44)/t22?,23-,26?,27?,28-,29-/m0/s1. The molecule has 0 aliphatic carbocycles. The molecule has 0 aliphatic rings. The molecule has 0 aliphatic heterocycles. The molecule has 0 heterocycles. The number of amides is 4. The number of carbonyl (C=O) groups excluding carboxylic acids is 4. The van der Waals surface area contributed by atoms with Gasteiger partial charge in [-0.15, -0.1) is 0 Å². The van der Waals surface area contributed by atoms with Gasteiger partial charge in [-0.1, -0.05) is 95.3 Å². The van der Waals surface area contributed by atoms with Crippen LogP contribution in [0.4, 0.5) is 4.79 Å². The molecule has 0 aromatic heterocycles. The van der Waals surface area contributed by atoms with Gasteiger partial charge in [-0.05, 0) is 42.7 Å². The summed E-state index contributed by atoms with van der Waals surface area (Å²) in [4.78, 5) is 63.1. The Balaban J connectivity index is 2.06. The first-order chi connectivity index (χ1) is 21.7. The average molecular weight is 641 g/mol. The van der Waals surface area contributed by atoms with E-state index >= 15 is 0 Å². The van der Waals surface area contributed by atoms with Crippen LogP contribution in [0.2, 0.25) is 0 Å². The van der Waals surface area contributed by atoms with Crippen LogP contribution in [-0.2, 0) is 36.9 Å². The highest BCUT2D eigenvalue weighted by molar-refractivity contribution is 5.91. The highest BCUT2D eigenvalue weighted by atomic mass is 16.5. The maximum Gasteiger partial charge on any atom is 0.408 e. The van der Waals surface area contributed by atoms with E-state index in [4.69, 9.17) is 4.74 Å². The topological polar surface area (TPSA) is 183 Å². The lowest BCUT2D eigenvalue weighted by Gasteiger charge is -2.29. The quantitative estimate of drug-likeness (QED) is 0.153. The third-order valence-corrected chi connectivity index (χ3v) is 7.55. The van der Waals surface area contributed by atoms with E-state index in [0.717, 1.165) is 11.1 Å². The average Bonchev–Trinajstić information content (AvgIpc) is 3.01. The molecular formula is C34H48N4O8. The number of aliphatic hydroxyl groups is 1. The Morgan fingerprint density at radius 2 is 1.20 bits per heavy atom. The highest BCUT2D eigenvalue weighted by Gasteiger charge is 2.33. The minimum absolute atomic E-state index is 0.0352. The van der Waals surface area contributed by atoms with Crippen molar-refractivity contribution in [3.63, 3.8) is 0 Å². The van der Waals surface area contributed by atoms with Crippen LogP contribution in [0, 0.1) is 17.8 Å². The van der Waals surface area contributed by atoms with E-state index in [9.17, 15) is 34.2 Å². The smallest absolute Gasteiger partial charge is 0.408 e. The fourth-order valence-corrected chi connectivity index (χ4v) is 4.69. The summed E-state index contributed by atoms with van der Waals surface area (Å²) >= 11 is 0. The number of aliphatic carboxylic acids is 1. The molecule has 0 fully saturated rings. The van der Waals surface area contributed by atoms with Crippen LogP contribution >= 0.6 is 0 Å². The van der Waals surface area contributed by atoms with E-state index < -0.39 is 66.0 Å². The fourth-order valence-electron chi connectivity index (χ4n) is 4.69. The number of nitrogens with one attached hydrogen (secondary N) is 4. The number of hydrogen-bond donors (Lipinski definition) is 6. The number of carboxylic acids is 1. The Hall–Kier alpha value is -4.45. The molecule has 0 bridgehead atoms. The largest absolute Gasteiger partial charge is 0.480 e. The van der Waals surface area contributed by atoms with Gasteiger partial charge < -0.3 is 36.2 Å². The Morgan fingerprint density at radius 3 is 1.72 bits per heavy atom. The van der Waals surface area contributed by atoms with Crippen molar-refractivity contribution in [1.82, 2.24) is 21.3 Å². The van der Waals surface area contributed by atoms with E-state index in [2.05, 4.69) is 21.3 Å². The van der Waals surface area contributed by atoms with Gasteiger partial charge in [0.1, 0.15) is 24.7 Å². The van der Waals surface area contributed by atoms with Crippen LogP contribution in [0.25, 0.3) is 0 Å². The molecule has 6 atom stereocenters. The van der Waals surface area contributed by atoms with Crippen molar-refractivity contribution >= 4 is 29.8 Å². The second kappa shape index (κ2) is 18.5. The van der Waals surface area contributed by atoms with E-state index in [1.54, 1.807) is 46.8 Å². The molecule has 46 heavy (non-hydrogen) atoms. The zero-order chi connectivity index (χ0) is 34.4. The van der Waals surface area contributed by atoms with Crippen molar-refractivity contribution < 1.29 is 38.9 Å². The predicted molar refractivity (Wildman–Crippen MR) is 172 cm³/mol. The van der Waals surface area contributed by atoms with Crippen molar-refractivity contribution in [3.8, 4) is 0 Å². The van der Waals surface area contributed by atoms with E-state index in [-0.39, 0.29) is 31.3 Å². The molecular weight excluding hydrogens is 592 g/mol. The summed E-state index contributed by atoms with van der Waals surface area (Å²) in [6, 6.07) is 14.4. The van der Waals surface area contributed by atoms with Crippen molar-refractivity contribution in [3.05, 3.63) is 71.8 Å². The lowest BCUT2D eigenvalue weighted by Crippen LogP contribution is -2.56. The molecule has 2 rings (SSSR count). The molecule has 0 spiro atoms. The number of carbonyl (C=O) groups is 5. The summed E-state index contributed by atoms with van der Waals surface area (Å²) in [6.07, 6.45) is -1.76. The first-order valence-electron chi connectivity index (χ1n) is 15.5. The number of rotatable bonds is 17. The summed E-state index contributed by atoms with van der Waals surface area (Å²) in [6.45, 7) is 9.92. The lowest BCUT2D eigenvalue weighted by atomic mass is 9.92. The van der Waals surface area contributed by atoms with Gasteiger partial charge in [0.15, 0.2) is 0 Å². The normalized spacial score (nSPS) is 15.1. The zero-order valence-corrected chi connectivity index (χ0v) is 27.4. The number of aliphatic hydroxyl groups excluding tert-OH is 1. The molecule has 3 unspecified atom stereocenters. The van der Waals surface area contributed by atoms with Gasteiger partial charge in [-0.3, -0.25) is 14.4 Å². The van der Waals surface area contributed by atoms with Crippen LogP contribution in [0.3, 0.4) is 0 Å². The molecule has 2 aromatic rings. The first-order valence-corrected chi connectivity index (χ1v) is 15.5. The number of alkyl carbamates (subject to hydrolysis) is 1. The van der Waals surface area contributed by atoms with E-state index in [1.807, 2.05) is 48.5 Å². The van der Waals surface area contributed by atoms with Crippen molar-refractivity contribution in [2.75, 3.05) is 0 Å². The first kappa shape index (κ1) is 37.7. The molecule has 6 N–H and O–H groups in total. The summed E-state index contributed by atoms with van der Waals surface area (Å²) < 4.78 is 5.20. The van der Waals surface area contributed by atoms with Gasteiger partial charge in [0.25, 0.3) is 0 Å². The number of carboxylic acid groups (broad SMARTS) is 1. The van der Waals surface area contributed by atoms with Gasteiger partial charge in [-0.25, -0.2) is 9.59 Å². The summed E-state index contributed by atoms with van der Waals surface area (Å²) in [5.41, 5.74) is 1.63. The third-order valence-electron chi connectivity index (χ3n) is 7.55. The van der Waals surface area contributed by atoms with Crippen LogP contribution in [-0.4, -0.2) is 70.3 Å². The lowest BCUT2D eigenvalue weighted by molar-refractivity contribution is -0.143. The van der Waals surface area contributed by atoms with Crippen LogP contribution in [0.15, 0.2) is 60.7 Å². The molecule has 252 valence electrons. The maximum atomic E-state index is 13.2. The van der Waals surface area contributed by atoms with Gasteiger partial charge >= 0.3 is 12.1 Å². The van der Waals surface area contributed by atoms with Crippen LogP contribution in [0.5, 0.6) is 0 Å². The number of hydrogen-bond acceptors (Lipinski definition) is 7. The summed E-state index contributed by atoms with van der Waals surface area (Å²) in [5.74, 6) is -4.34. The second-order valence-corrected chi connectivity index (χ2v) is 12.2. The highest BCUT2D eigenvalue weighted by Crippen LogP contribution is 2.16. The third kappa shape index (κ3) is 12.5. The fraction of sp³-hybridized carbons (Fsp3) is 0.500. The SMILES string of the molecule is CC(CC(O)C(Cc1ccccc1)NC(=O)[C@H](C)NC(=O)OCc1ccccc1)C(=O)N[C@H](C(=O)N[C@H](C(=O)O)C(C)C)C(C)C. The molecule has 0 saturated heterocycles. The predicted octanol–water partition coefficient (Wildman–Crippen LogP) is 2.78. The Kier molecular flexibility index (Phi) is 15.2. The van der Waals surface area contributed by atoms with Crippen molar-refractivity contribution in [2.24, 2.45) is 17.8 Å². The molecule has 12 nitrogen and oxygen atoms in total. The van der Waals surface area contributed by atoms with Gasteiger partial charge in [0.05, 0.1) is 12.1 Å². The van der Waals surface area contributed by atoms with E-state index in [0.29, 0.717) is 0 Å². The monoisotopic (exact) mass is 640 g/mol. The Bertz CT molecular complexity index is 1290. The molecule has 0 saturated carbocycles. The summed E-state index contributed by atoms with van der Waals surface area (Å²) in [7, 11) is 0. The summed E-state index contributed by atoms with van der Waals surface area (Å²) in [5, 5.41) is 31.2. The Labute approximate surface area is 270 Å². The molecule has 12 heteroatoms. The Morgan fingerprint density at radius 1 is 0.674 bits per heavy atom. The molecule has 0 radical (unpaired) electrons. The number of benzene rings is 2. The van der Waals surface area contributed by atoms with E-state index in [1.165, 1.54) is 6.92 Å².